The summed E-state index contributed by atoms with van der Waals surface area (Å²) in [7, 11) is 0. The zero-order chi connectivity index (χ0) is 17.8. The standard InChI is InChI=1S/C20H25N5O/c26-18(8-7-16-5-2-1-3-6-16)17-9-13-24(14-10-17)15-19-22-20-21-11-4-12-25(20)23-19/h1-6,11-12,17-18,26H,7-10,13-15H2. The lowest BCUT2D eigenvalue weighted by Crippen LogP contribution is -2.37. The average Bonchev–Trinajstić information content (AvgIpc) is 3.10. The van der Waals surface area contributed by atoms with Gasteiger partial charge in [0.25, 0.3) is 5.78 Å². The maximum atomic E-state index is 10.6. The van der Waals surface area contributed by atoms with Gasteiger partial charge in [0, 0.05) is 12.4 Å². The number of aliphatic hydroxyl groups is 1. The Morgan fingerprint density at radius 3 is 2.69 bits per heavy atom. The van der Waals surface area contributed by atoms with Gasteiger partial charge in [0.1, 0.15) is 0 Å². The van der Waals surface area contributed by atoms with E-state index in [1.54, 1.807) is 10.7 Å². The van der Waals surface area contributed by atoms with E-state index in [2.05, 4.69) is 44.2 Å². The van der Waals surface area contributed by atoms with Crippen molar-refractivity contribution >= 4 is 5.78 Å². The van der Waals surface area contributed by atoms with Crippen LogP contribution in [0.5, 0.6) is 0 Å². The van der Waals surface area contributed by atoms with E-state index in [-0.39, 0.29) is 6.10 Å². The van der Waals surface area contributed by atoms with Crippen LogP contribution in [0.2, 0.25) is 0 Å². The van der Waals surface area contributed by atoms with Crippen molar-refractivity contribution in [1.82, 2.24) is 24.5 Å². The Morgan fingerprint density at radius 2 is 1.92 bits per heavy atom. The number of hydrogen-bond donors (Lipinski definition) is 1. The molecule has 0 spiro atoms. The van der Waals surface area contributed by atoms with E-state index < -0.39 is 0 Å². The molecule has 3 aromatic rings. The normalized spacial score (nSPS) is 17.6. The van der Waals surface area contributed by atoms with Gasteiger partial charge < -0.3 is 5.11 Å². The third-order valence-electron chi connectivity index (χ3n) is 5.27. The number of fused-ring (bicyclic) bond motifs is 1. The molecule has 26 heavy (non-hydrogen) atoms. The van der Waals surface area contributed by atoms with Crippen LogP contribution in [-0.2, 0) is 13.0 Å². The molecule has 0 bridgehead atoms. The van der Waals surface area contributed by atoms with E-state index >= 15 is 0 Å². The minimum atomic E-state index is -0.213. The highest BCUT2D eigenvalue weighted by molar-refractivity contribution is 5.24. The monoisotopic (exact) mass is 351 g/mol. The summed E-state index contributed by atoms with van der Waals surface area (Å²) in [6, 6.07) is 12.3. The highest BCUT2D eigenvalue weighted by Crippen LogP contribution is 2.24. The predicted octanol–water partition coefficient (Wildman–Crippen LogP) is 2.33. The SMILES string of the molecule is OC(CCc1ccccc1)C1CCN(Cc2nc3ncccn3n2)CC1. The van der Waals surface area contributed by atoms with Crippen LogP contribution in [0.15, 0.2) is 48.8 Å². The lowest BCUT2D eigenvalue weighted by molar-refractivity contribution is 0.0513. The first-order chi connectivity index (χ1) is 12.8. The molecule has 6 heteroatoms. The summed E-state index contributed by atoms with van der Waals surface area (Å²) >= 11 is 0. The zero-order valence-electron chi connectivity index (χ0n) is 14.9. The second-order valence-electron chi connectivity index (χ2n) is 7.10. The molecule has 1 unspecified atom stereocenters. The van der Waals surface area contributed by atoms with Crippen molar-refractivity contribution in [1.29, 1.82) is 0 Å². The number of likely N-dealkylation sites (tertiary alicyclic amines) is 1. The van der Waals surface area contributed by atoms with Gasteiger partial charge >= 0.3 is 0 Å². The summed E-state index contributed by atoms with van der Waals surface area (Å²) in [4.78, 5) is 11.1. The van der Waals surface area contributed by atoms with Crippen molar-refractivity contribution in [3.8, 4) is 0 Å². The highest BCUT2D eigenvalue weighted by atomic mass is 16.3. The van der Waals surface area contributed by atoms with Crippen molar-refractivity contribution in [2.24, 2.45) is 5.92 Å². The minimum absolute atomic E-state index is 0.213. The molecule has 1 aromatic carbocycles. The molecule has 0 amide bonds. The third kappa shape index (κ3) is 4.08. The van der Waals surface area contributed by atoms with Crippen molar-refractivity contribution in [3.05, 3.63) is 60.2 Å². The van der Waals surface area contributed by atoms with Crippen molar-refractivity contribution < 1.29 is 5.11 Å². The molecule has 1 aliphatic rings. The Kier molecular flexibility index (Phi) is 5.22. The second-order valence-corrected chi connectivity index (χ2v) is 7.10. The molecule has 3 heterocycles. The van der Waals surface area contributed by atoms with Gasteiger partial charge in [-0.15, -0.1) is 5.10 Å². The Balaban J connectivity index is 1.25. The summed E-state index contributed by atoms with van der Waals surface area (Å²) < 4.78 is 1.72. The second kappa shape index (κ2) is 7.93. The van der Waals surface area contributed by atoms with Crippen LogP contribution < -0.4 is 0 Å². The molecule has 1 atom stereocenters. The summed E-state index contributed by atoms with van der Waals surface area (Å²) in [5.74, 6) is 1.85. The van der Waals surface area contributed by atoms with Gasteiger partial charge in [0.15, 0.2) is 5.82 Å². The topological polar surface area (TPSA) is 66.5 Å². The van der Waals surface area contributed by atoms with Crippen LogP contribution in [0.3, 0.4) is 0 Å². The predicted molar refractivity (Wildman–Crippen MR) is 99.6 cm³/mol. The number of rotatable bonds is 6. The zero-order valence-corrected chi connectivity index (χ0v) is 14.9. The molecule has 136 valence electrons. The van der Waals surface area contributed by atoms with E-state index in [9.17, 15) is 5.11 Å². The molecular weight excluding hydrogens is 326 g/mol. The van der Waals surface area contributed by atoms with E-state index in [4.69, 9.17) is 0 Å². The van der Waals surface area contributed by atoms with Gasteiger partial charge in [0.05, 0.1) is 12.6 Å². The summed E-state index contributed by atoms with van der Waals surface area (Å²) in [6.45, 7) is 2.71. The Bertz CT molecular complexity index is 793. The van der Waals surface area contributed by atoms with Crippen molar-refractivity contribution in [2.45, 2.75) is 38.3 Å². The first kappa shape index (κ1) is 17.1. The van der Waals surface area contributed by atoms with Gasteiger partial charge in [-0.1, -0.05) is 30.3 Å². The number of piperidine rings is 1. The number of nitrogens with zero attached hydrogens (tertiary/aromatic N) is 5. The quantitative estimate of drug-likeness (QED) is 0.738. The fourth-order valence-electron chi connectivity index (χ4n) is 3.73. The van der Waals surface area contributed by atoms with Gasteiger partial charge in [-0.25, -0.2) is 9.50 Å². The molecular formula is C20H25N5O. The molecule has 6 nitrogen and oxygen atoms in total. The minimum Gasteiger partial charge on any atom is -0.393 e. The number of aromatic nitrogens is 4. The number of aryl methyl sites for hydroxylation is 1. The number of benzene rings is 1. The average molecular weight is 351 g/mol. The Morgan fingerprint density at radius 1 is 1.12 bits per heavy atom. The molecule has 0 aliphatic carbocycles. The van der Waals surface area contributed by atoms with Crippen LogP contribution in [-0.4, -0.2) is 48.8 Å². The lowest BCUT2D eigenvalue weighted by atomic mass is 9.88. The fraction of sp³-hybridized carbons (Fsp3) is 0.450. The third-order valence-corrected chi connectivity index (χ3v) is 5.27. The van der Waals surface area contributed by atoms with Crippen LogP contribution >= 0.6 is 0 Å². The largest absolute Gasteiger partial charge is 0.393 e. The first-order valence-corrected chi connectivity index (χ1v) is 9.38. The van der Waals surface area contributed by atoms with Crippen molar-refractivity contribution in [2.75, 3.05) is 13.1 Å². The molecule has 1 saturated heterocycles. The van der Waals surface area contributed by atoms with Crippen LogP contribution in [0.4, 0.5) is 0 Å². The lowest BCUT2D eigenvalue weighted by Gasteiger charge is -2.33. The smallest absolute Gasteiger partial charge is 0.252 e. The number of hydrogen-bond acceptors (Lipinski definition) is 5. The van der Waals surface area contributed by atoms with E-state index in [0.717, 1.165) is 51.1 Å². The van der Waals surface area contributed by atoms with Gasteiger partial charge in [-0.2, -0.15) is 4.98 Å². The van der Waals surface area contributed by atoms with E-state index in [0.29, 0.717) is 11.7 Å². The summed E-state index contributed by atoms with van der Waals surface area (Å²) in [5.41, 5.74) is 1.30. The van der Waals surface area contributed by atoms with Crippen LogP contribution in [0.1, 0.15) is 30.7 Å². The van der Waals surface area contributed by atoms with E-state index in [1.807, 2.05) is 18.3 Å². The van der Waals surface area contributed by atoms with Crippen LogP contribution in [0.25, 0.3) is 5.78 Å². The summed E-state index contributed by atoms with van der Waals surface area (Å²) in [6.07, 6.45) is 7.23. The molecule has 1 N–H and O–H groups in total. The van der Waals surface area contributed by atoms with E-state index in [1.165, 1.54) is 5.56 Å². The van der Waals surface area contributed by atoms with Gasteiger partial charge in [-0.3, -0.25) is 4.90 Å². The Labute approximate surface area is 153 Å². The number of aliphatic hydroxyl groups excluding tert-OH is 1. The Hall–Kier alpha value is -2.31. The van der Waals surface area contributed by atoms with Crippen LogP contribution in [0, 0.1) is 5.92 Å². The maximum Gasteiger partial charge on any atom is 0.252 e. The molecule has 0 radical (unpaired) electrons. The van der Waals surface area contributed by atoms with Crippen molar-refractivity contribution in [3.63, 3.8) is 0 Å². The molecule has 4 rings (SSSR count). The molecule has 2 aromatic heterocycles. The summed E-state index contributed by atoms with van der Waals surface area (Å²) in [5, 5.41) is 15.0. The fourth-order valence-corrected chi connectivity index (χ4v) is 3.73. The molecule has 0 saturated carbocycles. The highest BCUT2D eigenvalue weighted by Gasteiger charge is 2.25. The molecule has 1 aliphatic heterocycles. The first-order valence-electron chi connectivity index (χ1n) is 9.38. The van der Waals surface area contributed by atoms with Gasteiger partial charge in [0.2, 0.25) is 0 Å². The van der Waals surface area contributed by atoms with Gasteiger partial charge in [-0.05, 0) is 56.3 Å². The maximum absolute atomic E-state index is 10.6. The molecule has 1 fully saturated rings.